The van der Waals surface area contributed by atoms with Gasteiger partial charge in [0.1, 0.15) is 12.3 Å². The number of aromatic nitrogens is 1. The van der Waals surface area contributed by atoms with Crippen molar-refractivity contribution in [3.05, 3.63) is 83.7 Å². The standard InChI is InChI=1S/C25H23N3O6/c1-33-14-22(24(30)31)28-23(29)21-11-10-15(12-26-21)27-25(32)34-13-20-18-8-4-2-6-16(18)17-7-3-5-9-19(17)20/h2-12,20,22H,13-14H2,1H3,(H,27,32)(H,28,29)(H,30,31). The van der Waals surface area contributed by atoms with Crippen LogP contribution in [0.5, 0.6) is 0 Å². The number of carboxylic acids is 1. The summed E-state index contributed by atoms with van der Waals surface area (Å²) in [7, 11) is 1.34. The molecule has 4 rings (SSSR count). The van der Waals surface area contributed by atoms with E-state index in [9.17, 15) is 14.4 Å². The minimum Gasteiger partial charge on any atom is -0.480 e. The van der Waals surface area contributed by atoms with Crippen molar-refractivity contribution in [3.63, 3.8) is 0 Å². The van der Waals surface area contributed by atoms with Crippen LogP contribution in [0.15, 0.2) is 66.9 Å². The number of carboxylic acid groups (broad SMARTS) is 1. The van der Waals surface area contributed by atoms with Crippen LogP contribution in [0.25, 0.3) is 11.1 Å². The maximum Gasteiger partial charge on any atom is 0.411 e. The Labute approximate surface area is 195 Å². The second kappa shape index (κ2) is 10.1. The third kappa shape index (κ3) is 4.89. The van der Waals surface area contributed by atoms with Gasteiger partial charge in [0.2, 0.25) is 0 Å². The molecule has 9 heteroatoms. The summed E-state index contributed by atoms with van der Waals surface area (Å²) < 4.78 is 10.3. The van der Waals surface area contributed by atoms with Crippen molar-refractivity contribution in [2.45, 2.75) is 12.0 Å². The van der Waals surface area contributed by atoms with Gasteiger partial charge in [0.15, 0.2) is 6.04 Å². The van der Waals surface area contributed by atoms with Gasteiger partial charge in [0.05, 0.1) is 18.5 Å². The van der Waals surface area contributed by atoms with Crippen LogP contribution in [0, 0.1) is 0 Å². The molecular formula is C25H23N3O6. The molecule has 1 aromatic heterocycles. The number of pyridine rings is 1. The first-order valence-electron chi connectivity index (χ1n) is 10.6. The Balaban J connectivity index is 1.35. The van der Waals surface area contributed by atoms with E-state index in [4.69, 9.17) is 14.6 Å². The molecule has 0 aliphatic heterocycles. The number of hydrogen-bond acceptors (Lipinski definition) is 6. The average molecular weight is 461 g/mol. The molecule has 34 heavy (non-hydrogen) atoms. The monoisotopic (exact) mass is 461 g/mol. The molecule has 1 heterocycles. The smallest absolute Gasteiger partial charge is 0.411 e. The van der Waals surface area contributed by atoms with Crippen LogP contribution in [0.4, 0.5) is 10.5 Å². The molecule has 1 aliphatic rings. The molecule has 2 amide bonds. The molecule has 174 valence electrons. The second-order valence-corrected chi connectivity index (χ2v) is 7.70. The number of amides is 2. The molecule has 0 saturated carbocycles. The summed E-state index contributed by atoms with van der Waals surface area (Å²) in [5.74, 6) is -1.95. The molecule has 1 aliphatic carbocycles. The van der Waals surface area contributed by atoms with Crippen LogP contribution in [0.1, 0.15) is 27.5 Å². The fourth-order valence-corrected chi connectivity index (χ4v) is 3.93. The van der Waals surface area contributed by atoms with E-state index in [0.29, 0.717) is 5.69 Å². The normalized spacial score (nSPS) is 12.9. The maximum atomic E-state index is 12.4. The third-order valence-corrected chi connectivity index (χ3v) is 5.52. The van der Waals surface area contributed by atoms with Crippen molar-refractivity contribution >= 4 is 23.7 Å². The molecule has 0 radical (unpaired) electrons. The number of rotatable bonds is 8. The number of aliphatic carboxylic acids is 1. The Morgan fingerprint density at radius 1 is 1.00 bits per heavy atom. The van der Waals surface area contributed by atoms with Crippen LogP contribution >= 0.6 is 0 Å². The average Bonchev–Trinajstić information content (AvgIpc) is 3.16. The van der Waals surface area contributed by atoms with E-state index in [0.717, 1.165) is 22.3 Å². The van der Waals surface area contributed by atoms with Crippen LogP contribution in [-0.2, 0) is 14.3 Å². The van der Waals surface area contributed by atoms with Crippen molar-refractivity contribution < 1.29 is 29.0 Å². The SMILES string of the molecule is COCC(NC(=O)c1ccc(NC(=O)OCC2c3ccccc3-c3ccccc32)cn1)C(=O)O. The van der Waals surface area contributed by atoms with Gasteiger partial charge >= 0.3 is 12.1 Å². The van der Waals surface area contributed by atoms with E-state index >= 15 is 0 Å². The minimum atomic E-state index is -1.22. The summed E-state index contributed by atoms with van der Waals surface area (Å²) in [6, 6.07) is 17.8. The van der Waals surface area contributed by atoms with Crippen LogP contribution in [-0.4, -0.2) is 54.4 Å². The third-order valence-electron chi connectivity index (χ3n) is 5.52. The van der Waals surface area contributed by atoms with Crippen LogP contribution in [0.3, 0.4) is 0 Å². The predicted molar refractivity (Wildman–Crippen MR) is 124 cm³/mol. The van der Waals surface area contributed by atoms with Gasteiger partial charge in [-0.25, -0.2) is 14.6 Å². The minimum absolute atomic E-state index is 0.000407. The number of nitrogens with one attached hydrogen (secondary N) is 2. The number of hydrogen-bond donors (Lipinski definition) is 3. The number of methoxy groups -OCH3 is 1. The highest BCUT2D eigenvalue weighted by Crippen LogP contribution is 2.44. The number of carbonyl (C=O) groups is 3. The van der Waals surface area contributed by atoms with E-state index in [-0.39, 0.29) is 24.8 Å². The molecule has 3 N–H and O–H groups in total. The number of benzene rings is 2. The topological polar surface area (TPSA) is 127 Å². The lowest BCUT2D eigenvalue weighted by atomic mass is 9.98. The molecule has 2 aromatic carbocycles. The van der Waals surface area contributed by atoms with E-state index in [1.165, 1.54) is 25.4 Å². The van der Waals surface area contributed by atoms with Crippen molar-refractivity contribution in [1.29, 1.82) is 0 Å². The van der Waals surface area contributed by atoms with Gasteiger partial charge in [-0.15, -0.1) is 0 Å². The highest BCUT2D eigenvalue weighted by molar-refractivity contribution is 5.95. The van der Waals surface area contributed by atoms with Gasteiger partial charge in [-0.05, 0) is 34.4 Å². The summed E-state index contributed by atoms with van der Waals surface area (Å²) in [6.45, 7) is -0.00759. The highest BCUT2D eigenvalue weighted by Gasteiger charge is 2.29. The van der Waals surface area contributed by atoms with Crippen LogP contribution < -0.4 is 10.6 Å². The van der Waals surface area contributed by atoms with Crippen molar-refractivity contribution in [2.24, 2.45) is 0 Å². The Hall–Kier alpha value is -4.24. The van der Waals surface area contributed by atoms with Crippen molar-refractivity contribution in [2.75, 3.05) is 25.6 Å². The zero-order valence-corrected chi connectivity index (χ0v) is 18.4. The largest absolute Gasteiger partial charge is 0.480 e. The number of fused-ring (bicyclic) bond motifs is 3. The molecule has 0 bridgehead atoms. The summed E-state index contributed by atoms with van der Waals surface area (Å²) >= 11 is 0. The quantitative estimate of drug-likeness (QED) is 0.470. The maximum absolute atomic E-state index is 12.4. The van der Waals surface area contributed by atoms with Gasteiger partial charge < -0.3 is 19.9 Å². The zero-order chi connectivity index (χ0) is 24.1. The Kier molecular flexibility index (Phi) is 6.84. The fourth-order valence-electron chi connectivity index (χ4n) is 3.93. The molecular weight excluding hydrogens is 438 g/mol. The van der Waals surface area contributed by atoms with Gasteiger partial charge in [0, 0.05) is 13.0 Å². The summed E-state index contributed by atoms with van der Waals surface area (Å²) in [5.41, 5.74) is 4.84. The van der Waals surface area contributed by atoms with Gasteiger partial charge in [-0.2, -0.15) is 0 Å². The molecule has 3 aromatic rings. The Morgan fingerprint density at radius 3 is 2.21 bits per heavy atom. The van der Waals surface area contributed by atoms with E-state index in [2.05, 4.69) is 27.8 Å². The van der Waals surface area contributed by atoms with Crippen molar-refractivity contribution in [1.82, 2.24) is 10.3 Å². The van der Waals surface area contributed by atoms with Gasteiger partial charge in [-0.1, -0.05) is 48.5 Å². The first-order valence-corrected chi connectivity index (χ1v) is 10.6. The van der Waals surface area contributed by atoms with E-state index in [1.54, 1.807) is 0 Å². The molecule has 0 spiro atoms. The number of anilines is 1. The van der Waals surface area contributed by atoms with Gasteiger partial charge in [0.25, 0.3) is 5.91 Å². The van der Waals surface area contributed by atoms with E-state index < -0.39 is 24.0 Å². The fraction of sp³-hybridized carbons (Fsp3) is 0.200. The van der Waals surface area contributed by atoms with E-state index in [1.807, 2.05) is 36.4 Å². The second-order valence-electron chi connectivity index (χ2n) is 7.70. The zero-order valence-electron chi connectivity index (χ0n) is 18.4. The Morgan fingerprint density at radius 2 is 1.65 bits per heavy atom. The number of ether oxygens (including phenoxy) is 2. The first-order chi connectivity index (χ1) is 16.5. The van der Waals surface area contributed by atoms with Gasteiger partial charge in [-0.3, -0.25) is 10.1 Å². The molecule has 0 saturated heterocycles. The lowest BCUT2D eigenvalue weighted by Gasteiger charge is -2.15. The van der Waals surface area contributed by atoms with Crippen molar-refractivity contribution in [3.8, 4) is 11.1 Å². The van der Waals surface area contributed by atoms with Crippen LogP contribution in [0.2, 0.25) is 0 Å². The lowest BCUT2D eigenvalue weighted by Crippen LogP contribution is -2.44. The summed E-state index contributed by atoms with van der Waals surface area (Å²) in [4.78, 5) is 39.7. The molecule has 9 nitrogen and oxygen atoms in total. The number of nitrogens with zero attached hydrogens (tertiary/aromatic N) is 1. The molecule has 1 atom stereocenters. The highest BCUT2D eigenvalue weighted by atomic mass is 16.5. The Bertz CT molecular complexity index is 1170. The summed E-state index contributed by atoms with van der Waals surface area (Å²) in [6.07, 6.45) is 0.648. The number of carbonyl (C=O) groups excluding carboxylic acids is 2. The molecule has 0 fully saturated rings. The predicted octanol–water partition coefficient (Wildman–Crippen LogP) is 3.27. The molecule has 1 unspecified atom stereocenters. The first kappa shape index (κ1) is 22.9. The summed E-state index contributed by atoms with van der Waals surface area (Å²) in [5, 5.41) is 14.0. The lowest BCUT2D eigenvalue weighted by molar-refractivity contribution is -0.140.